The maximum Gasteiger partial charge on any atom is 0.336 e. The van der Waals surface area contributed by atoms with E-state index >= 15 is 0 Å². The average molecular weight is 454 g/mol. The van der Waals surface area contributed by atoms with E-state index in [0.717, 1.165) is 6.08 Å². The summed E-state index contributed by atoms with van der Waals surface area (Å²) in [5.74, 6) is -2.63. The molecule has 0 spiro atoms. The minimum atomic E-state index is -1.79. The number of carboxylic acid groups (broad SMARTS) is 1. The Labute approximate surface area is 185 Å². The molecular formula is C22H30O10. The number of aliphatic hydroxyl groups is 4. The molecular weight excluding hydrogens is 424 g/mol. The average Bonchev–Trinajstić information content (AvgIpc) is 2.67. The van der Waals surface area contributed by atoms with Gasteiger partial charge in [-0.15, -0.1) is 0 Å². The number of aliphatic hydroxyl groups excluding tert-OH is 3. The van der Waals surface area contributed by atoms with Gasteiger partial charge in [0.2, 0.25) is 0 Å². The number of rotatable bonds is 6. The minimum absolute atomic E-state index is 0.0896. The Morgan fingerprint density at radius 3 is 2.44 bits per heavy atom. The fourth-order valence-corrected chi connectivity index (χ4v) is 3.94. The van der Waals surface area contributed by atoms with Crippen LogP contribution in [0.15, 0.2) is 35.5 Å². The summed E-state index contributed by atoms with van der Waals surface area (Å²) in [4.78, 5) is 35.6. The van der Waals surface area contributed by atoms with Gasteiger partial charge in [0.15, 0.2) is 18.0 Å². The van der Waals surface area contributed by atoms with Gasteiger partial charge in [-0.25, -0.2) is 9.59 Å². The van der Waals surface area contributed by atoms with Crippen LogP contribution < -0.4 is 0 Å². The van der Waals surface area contributed by atoms with Crippen LogP contribution in [-0.4, -0.2) is 86.0 Å². The summed E-state index contributed by atoms with van der Waals surface area (Å²) >= 11 is 0. The van der Waals surface area contributed by atoms with Gasteiger partial charge in [0, 0.05) is 17.9 Å². The molecule has 6 atom stereocenters. The lowest BCUT2D eigenvalue weighted by atomic mass is 9.64. The number of ether oxygens (including phenoxy) is 2. The number of ketones is 1. The highest BCUT2D eigenvalue weighted by atomic mass is 16.6. The van der Waals surface area contributed by atoms with E-state index in [2.05, 4.69) is 0 Å². The third-order valence-electron chi connectivity index (χ3n) is 5.92. The standard InChI is InChI=1S/C22H30O10/c1-11(5-6-22(30)12(2)8-13(24)9-21(22,3)4)7-15(25)32-18-17(27)16(26)14(10-23)31-19(18)20(28)29/h5-8,14,16-19,23,26-27,30H,9-10H2,1-4H3,(H,28,29)/t14-,16-,17+,18-,19?,22?/m1/s1. The molecule has 0 saturated carbocycles. The van der Waals surface area contributed by atoms with Gasteiger partial charge >= 0.3 is 11.9 Å². The van der Waals surface area contributed by atoms with E-state index < -0.39 is 60.1 Å². The molecule has 1 aliphatic heterocycles. The number of allylic oxidation sites excluding steroid dienone is 3. The van der Waals surface area contributed by atoms with Crippen LogP contribution >= 0.6 is 0 Å². The zero-order valence-corrected chi connectivity index (χ0v) is 18.4. The van der Waals surface area contributed by atoms with E-state index in [1.165, 1.54) is 18.2 Å². The second-order valence-electron chi connectivity index (χ2n) is 8.84. The second-order valence-corrected chi connectivity index (χ2v) is 8.84. The van der Waals surface area contributed by atoms with Crippen molar-refractivity contribution >= 4 is 17.7 Å². The number of aliphatic carboxylic acids is 1. The van der Waals surface area contributed by atoms with Crippen molar-refractivity contribution in [2.45, 2.75) is 70.2 Å². The van der Waals surface area contributed by atoms with Crippen molar-refractivity contribution in [3.8, 4) is 0 Å². The maximum atomic E-state index is 12.3. The molecule has 178 valence electrons. The predicted molar refractivity (Wildman–Crippen MR) is 110 cm³/mol. The van der Waals surface area contributed by atoms with E-state index in [1.807, 2.05) is 0 Å². The zero-order valence-electron chi connectivity index (χ0n) is 18.4. The molecule has 0 radical (unpaired) electrons. The monoisotopic (exact) mass is 454 g/mol. The molecule has 5 N–H and O–H groups in total. The first-order valence-electron chi connectivity index (χ1n) is 10.1. The third kappa shape index (κ3) is 5.16. The first-order valence-corrected chi connectivity index (χ1v) is 10.1. The first-order chi connectivity index (χ1) is 14.7. The van der Waals surface area contributed by atoms with E-state index in [0.29, 0.717) is 11.1 Å². The molecule has 2 rings (SSSR count). The lowest BCUT2D eigenvalue weighted by molar-refractivity contribution is -0.239. The van der Waals surface area contributed by atoms with Crippen LogP contribution in [0.1, 0.15) is 34.1 Å². The summed E-state index contributed by atoms with van der Waals surface area (Å²) in [7, 11) is 0. The van der Waals surface area contributed by atoms with Crippen LogP contribution in [0.3, 0.4) is 0 Å². The fraction of sp³-hybridized carbons (Fsp3) is 0.591. The fourth-order valence-electron chi connectivity index (χ4n) is 3.94. The molecule has 0 amide bonds. The molecule has 0 aromatic heterocycles. The van der Waals surface area contributed by atoms with Gasteiger partial charge in [0.05, 0.1) is 6.61 Å². The van der Waals surface area contributed by atoms with E-state index in [1.54, 1.807) is 27.7 Å². The first kappa shape index (κ1) is 25.9. The molecule has 0 bridgehead atoms. The smallest absolute Gasteiger partial charge is 0.336 e. The van der Waals surface area contributed by atoms with Crippen LogP contribution in [0.5, 0.6) is 0 Å². The highest BCUT2D eigenvalue weighted by Crippen LogP contribution is 2.44. The Kier molecular flexibility index (Phi) is 7.79. The maximum absolute atomic E-state index is 12.3. The van der Waals surface area contributed by atoms with Crippen LogP contribution in [0, 0.1) is 5.41 Å². The van der Waals surface area contributed by atoms with Gasteiger partial charge in [0.1, 0.15) is 23.9 Å². The molecule has 1 saturated heterocycles. The Hall–Kier alpha value is -2.37. The summed E-state index contributed by atoms with van der Waals surface area (Å²) in [5.41, 5.74) is -1.40. The van der Waals surface area contributed by atoms with Crippen LogP contribution in [0.4, 0.5) is 0 Å². The molecule has 1 aliphatic carbocycles. The lowest BCUT2D eigenvalue weighted by Crippen LogP contribution is -2.61. The Balaban J connectivity index is 2.18. The number of hydrogen-bond acceptors (Lipinski definition) is 9. The topological polar surface area (TPSA) is 171 Å². The molecule has 0 aromatic carbocycles. The number of esters is 1. The van der Waals surface area contributed by atoms with E-state index in [-0.39, 0.29) is 12.2 Å². The summed E-state index contributed by atoms with van der Waals surface area (Å²) in [6.07, 6.45) is -2.79. The molecule has 10 nitrogen and oxygen atoms in total. The molecule has 1 heterocycles. The van der Waals surface area contributed by atoms with Crippen LogP contribution in [-0.2, 0) is 23.9 Å². The third-order valence-corrected chi connectivity index (χ3v) is 5.92. The molecule has 2 unspecified atom stereocenters. The summed E-state index contributed by atoms with van der Waals surface area (Å²) in [5, 5.41) is 49.7. The van der Waals surface area contributed by atoms with Crippen molar-refractivity contribution < 1.29 is 49.4 Å². The van der Waals surface area contributed by atoms with Gasteiger partial charge in [-0.05, 0) is 37.1 Å². The highest BCUT2D eigenvalue weighted by Gasteiger charge is 2.49. The normalized spacial score (nSPS) is 35.5. The molecule has 2 aliphatic rings. The van der Waals surface area contributed by atoms with Gasteiger partial charge in [-0.3, -0.25) is 4.79 Å². The summed E-state index contributed by atoms with van der Waals surface area (Å²) in [6, 6.07) is 0. The largest absolute Gasteiger partial charge is 0.479 e. The SMILES string of the molecule is CC(C=CC1(O)C(C)=CC(=O)CC1(C)C)=CC(=O)O[C@H]1C(C(=O)O)O[C@H](CO)[C@@H](O)[C@@H]1O. The Morgan fingerprint density at radius 1 is 1.28 bits per heavy atom. The van der Waals surface area contributed by atoms with Crippen molar-refractivity contribution in [1.82, 2.24) is 0 Å². The highest BCUT2D eigenvalue weighted by molar-refractivity contribution is 5.92. The van der Waals surface area contributed by atoms with Crippen molar-refractivity contribution in [2.24, 2.45) is 5.41 Å². The minimum Gasteiger partial charge on any atom is -0.479 e. The van der Waals surface area contributed by atoms with Gasteiger partial charge in [-0.2, -0.15) is 0 Å². The Bertz CT molecular complexity index is 855. The van der Waals surface area contributed by atoms with E-state index in [4.69, 9.17) is 14.6 Å². The van der Waals surface area contributed by atoms with Crippen molar-refractivity contribution in [2.75, 3.05) is 6.61 Å². The number of carboxylic acids is 1. The lowest BCUT2D eigenvalue weighted by Gasteiger charge is -2.44. The molecule has 10 heteroatoms. The zero-order chi connectivity index (χ0) is 24.4. The van der Waals surface area contributed by atoms with Gasteiger partial charge in [0.25, 0.3) is 0 Å². The van der Waals surface area contributed by atoms with Gasteiger partial charge in [-0.1, -0.05) is 19.9 Å². The van der Waals surface area contributed by atoms with Gasteiger partial charge < -0.3 is 35.0 Å². The van der Waals surface area contributed by atoms with Crippen LogP contribution in [0.2, 0.25) is 0 Å². The second kappa shape index (κ2) is 9.63. The molecule has 1 fully saturated rings. The van der Waals surface area contributed by atoms with Crippen molar-refractivity contribution in [1.29, 1.82) is 0 Å². The number of carbonyl (C=O) groups is 3. The Morgan fingerprint density at radius 2 is 1.91 bits per heavy atom. The van der Waals surface area contributed by atoms with Crippen molar-refractivity contribution in [3.63, 3.8) is 0 Å². The number of hydrogen-bond donors (Lipinski definition) is 5. The summed E-state index contributed by atoms with van der Waals surface area (Å²) < 4.78 is 10.1. The molecule has 32 heavy (non-hydrogen) atoms. The predicted octanol–water partition coefficient (Wildman–Crippen LogP) is -0.357. The quantitative estimate of drug-likeness (QED) is 0.203. The molecule has 0 aromatic rings. The van der Waals surface area contributed by atoms with E-state index in [9.17, 15) is 34.8 Å². The van der Waals surface area contributed by atoms with Crippen molar-refractivity contribution in [3.05, 3.63) is 35.5 Å². The summed E-state index contributed by atoms with van der Waals surface area (Å²) in [6.45, 7) is 5.95. The van der Waals surface area contributed by atoms with Crippen LogP contribution in [0.25, 0.3) is 0 Å². The number of carbonyl (C=O) groups excluding carboxylic acids is 2.